The summed E-state index contributed by atoms with van der Waals surface area (Å²) >= 11 is 0. The third-order valence-electron chi connectivity index (χ3n) is 10.4. The van der Waals surface area contributed by atoms with Crippen molar-refractivity contribution in [2.24, 2.45) is 22.7 Å². The molecular weight excluding hydrogens is 484 g/mol. The van der Waals surface area contributed by atoms with E-state index in [1.54, 1.807) is 0 Å². The number of hydrogen-bond acceptors (Lipinski definition) is 5. The average Bonchev–Trinajstić information content (AvgIpc) is 3.55. The molecule has 198 valence electrons. The minimum absolute atomic E-state index is 0.0630. The van der Waals surface area contributed by atoms with E-state index >= 15 is 0 Å². The summed E-state index contributed by atoms with van der Waals surface area (Å²) in [6.45, 7) is 8.08. The predicted octanol–water partition coefficient (Wildman–Crippen LogP) is 4.63. The topological polar surface area (TPSA) is 66.9 Å². The molecule has 2 saturated heterocycles. The second-order valence-electron chi connectivity index (χ2n) is 12.2. The van der Waals surface area contributed by atoms with E-state index < -0.39 is 15.9 Å². The monoisotopic (exact) mass is 522 g/mol. The Bertz CT molecular complexity index is 1270. The molecule has 0 radical (unpaired) electrons. The average molecular weight is 523 g/mol. The SMILES string of the molecule is C[C@@H](c1ccccc1)N1C[C@@H](OCc2ccccc2)[C@H](C(=O)N2[C@@H]3C[C@@H]4CC[C@@]3(CS2(=O)=O)C4(C)C)C1. The number of amides is 1. The Kier molecular flexibility index (Phi) is 6.05. The van der Waals surface area contributed by atoms with Gasteiger partial charge in [0.25, 0.3) is 0 Å². The molecule has 2 aliphatic carbocycles. The molecule has 6 atom stereocenters. The highest BCUT2D eigenvalue weighted by Gasteiger charge is 2.72. The van der Waals surface area contributed by atoms with Gasteiger partial charge < -0.3 is 4.74 Å². The van der Waals surface area contributed by atoms with Crippen LogP contribution < -0.4 is 0 Å². The molecule has 0 unspecified atom stereocenters. The van der Waals surface area contributed by atoms with Gasteiger partial charge >= 0.3 is 0 Å². The molecule has 2 aromatic rings. The van der Waals surface area contributed by atoms with E-state index in [0.717, 1.165) is 24.8 Å². The van der Waals surface area contributed by atoms with Crippen molar-refractivity contribution in [2.45, 2.75) is 64.8 Å². The zero-order valence-electron chi connectivity index (χ0n) is 22.0. The third kappa shape index (κ3) is 3.88. The van der Waals surface area contributed by atoms with Gasteiger partial charge in [-0.3, -0.25) is 9.69 Å². The minimum atomic E-state index is -3.67. The van der Waals surface area contributed by atoms with E-state index in [-0.39, 0.29) is 40.7 Å². The van der Waals surface area contributed by atoms with Crippen molar-refractivity contribution in [3.05, 3.63) is 71.8 Å². The van der Waals surface area contributed by atoms with E-state index in [2.05, 4.69) is 37.8 Å². The van der Waals surface area contributed by atoms with Crippen molar-refractivity contribution in [3.8, 4) is 0 Å². The highest BCUT2D eigenvalue weighted by Crippen LogP contribution is 2.70. The fourth-order valence-corrected chi connectivity index (χ4v) is 10.6. The first-order chi connectivity index (χ1) is 17.6. The van der Waals surface area contributed by atoms with Gasteiger partial charge in [0.15, 0.2) is 0 Å². The summed E-state index contributed by atoms with van der Waals surface area (Å²) in [5.74, 6) is -0.188. The fourth-order valence-electron chi connectivity index (χ4n) is 7.99. The van der Waals surface area contributed by atoms with E-state index in [1.807, 2.05) is 48.5 Å². The molecule has 6 nitrogen and oxygen atoms in total. The highest BCUT2D eigenvalue weighted by atomic mass is 32.2. The van der Waals surface area contributed by atoms with Crippen LogP contribution in [-0.2, 0) is 26.2 Å². The number of sulfonamides is 1. The summed E-state index contributed by atoms with van der Waals surface area (Å²) in [6.07, 6.45) is 2.39. The Labute approximate surface area is 221 Å². The van der Waals surface area contributed by atoms with Crippen LogP contribution in [0.25, 0.3) is 0 Å². The first kappa shape index (κ1) is 25.1. The van der Waals surface area contributed by atoms with Gasteiger partial charge in [-0.15, -0.1) is 0 Å². The number of benzene rings is 2. The summed E-state index contributed by atoms with van der Waals surface area (Å²) in [7, 11) is -3.67. The Hall–Kier alpha value is -2.22. The van der Waals surface area contributed by atoms with Gasteiger partial charge in [0.2, 0.25) is 15.9 Å². The van der Waals surface area contributed by atoms with Crippen LogP contribution in [0.3, 0.4) is 0 Å². The van der Waals surface area contributed by atoms with Crippen molar-refractivity contribution >= 4 is 15.9 Å². The van der Waals surface area contributed by atoms with Gasteiger partial charge in [0.05, 0.1) is 30.4 Å². The molecule has 0 aromatic heterocycles. The summed E-state index contributed by atoms with van der Waals surface area (Å²) in [5, 5.41) is 0. The number of rotatable bonds is 6. The van der Waals surface area contributed by atoms with Crippen molar-refractivity contribution in [1.82, 2.24) is 9.21 Å². The highest BCUT2D eigenvalue weighted by molar-refractivity contribution is 7.90. The van der Waals surface area contributed by atoms with Gasteiger partial charge in [0, 0.05) is 24.5 Å². The molecule has 1 amide bonds. The van der Waals surface area contributed by atoms with Gasteiger partial charge in [-0.05, 0) is 48.6 Å². The van der Waals surface area contributed by atoms with E-state index in [4.69, 9.17) is 4.74 Å². The third-order valence-corrected chi connectivity index (χ3v) is 12.3. The molecular formula is C30H38N2O4S. The van der Waals surface area contributed by atoms with Crippen LogP contribution in [0.4, 0.5) is 0 Å². The van der Waals surface area contributed by atoms with Crippen LogP contribution >= 0.6 is 0 Å². The van der Waals surface area contributed by atoms with Crippen molar-refractivity contribution in [3.63, 3.8) is 0 Å². The summed E-state index contributed by atoms with van der Waals surface area (Å²) in [6, 6.07) is 20.1. The lowest BCUT2D eigenvalue weighted by atomic mass is 9.69. The van der Waals surface area contributed by atoms with E-state index in [9.17, 15) is 13.2 Å². The number of fused-ring (bicyclic) bond motifs is 1. The Morgan fingerprint density at radius 1 is 1.05 bits per heavy atom. The predicted molar refractivity (Wildman–Crippen MR) is 143 cm³/mol. The zero-order chi connectivity index (χ0) is 26.0. The molecule has 0 N–H and O–H groups in total. The maximum absolute atomic E-state index is 14.3. The lowest BCUT2D eigenvalue weighted by Gasteiger charge is -2.37. The number of carbonyl (C=O) groups excluding carboxylic acids is 1. The summed E-state index contributed by atoms with van der Waals surface area (Å²) < 4.78 is 35.0. The lowest BCUT2D eigenvalue weighted by molar-refractivity contribution is -0.137. The van der Waals surface area contributed by atoms with Crippen molar-refractivity contribution in [1.29, 1.82) is 0 Å². The second kappa shape index (κ2) is 8.92. The van der Waals surface area contributed by atoms with E-state index in [1.165, 1.54) is 9.87 Å². The second-order valence-corrected chi connectivity index (χ2v) is 14.1. The maximum atomic E-state index is 14.3. The van der Waals surface area contributed by atoms with Gasteiger partial charge in [-0.25, -0.2) is 12.7 Å². The molecule has 2 aliphatic heterocycles. The largest absolute Gasteiger partial charge is 0.371 e. The standard InChI is InChI=1S/C30H38N2O4S/c1-21(23-12-8-5-9-13-23)31-17-25(26(18-31)36-19-22-10-6-4-7-11-22)28(33)32-27-16-24-14-15-30(27,29(24,2)3)20-37(32,34)35/h4-13,21,24-27H,14-20H2,1-3H3/t21-,24-,25+,26+,27+,30-/m0/s1. The maximum Gasteiger partial charge on any atom is 0.243 e. The molecule has 37 heavy (non-hydrogen) atoms. The molecule has 1 spiro atoms. The zero-order valence-corrected chi connectivity index (χ0v) is 22.9. The van der Waals surface area contributed by atoms with E-state index in [0.29, 0.717) is 25.6 Å². The first-order valence-corrected chi connectivity index (χ1v) is 15.3. The van der Waals surface area contributed by atoms with Crippen molar-refractivity contribution in [2.75, 3.05) is 18.8 Å². The molecule has 6 rings (SSSR count). The quantitative estimate of drug-likeness (QED) is 0.553. The number of likely N-dealkylation sites (tertiary alicyclic amines) is 1. The number of nitrogens with zero attached hydrogens (tertiary/aromatic N) is 2. The van der Waals surface area contributed by atoms with Crippen LogP contribution in [-0.4, -0.2) is 54.5 Å². The van der Waals surface area contributed by atoms with Crippen LogP contribution in [0.15, 0.2) is 60.7 Å². The molecule has 4 fully saturated rings. The lowest BCUT2D eigenvalue weighted by Crippen LogP contribution is -2.48. The Morgan fingerprint density at radius 3 is 2.41 bits per heavy atom. The number of hydrogen-bond donors (Lipinski definition) is 0. The Balaban J connectivity index is 1.29. The number of ether oxygens (including phenoxy) is 1. The summed E-state index contributed by atoms with van der Waals surface area (Å²) in [5.41, 5.74) is 1.85. The van der Waals surface area contributed by atoms with Crippen LogP contribution in [0.1, 0.15) is 57.2 Å². The number of carbonyl (C=O) groups is 1. The molecule has 7 heteroatoms. The fraction of sp³-hybridized carbons (Fsp3) is 0.567. The van der Waals surface area contributed by atoms with Crippen molar-refractivity contribution < 1.29 is 17.9 Å². The van der Waals surface area contributed by atoms with Crippen LogP contribution in [0.2, 0.25) is 0 Å². The smallest absolute Gasteiger partial charge is 0.243 e. The Morgan fingerprint density at radius 2 is 1.73 bits per heavy atom. The molecule has 4 aliphatic rings. The van der Waals surface area contributed by atoms with Gasteiger partial charge in [-0.1, -0.05) is 74.5 Å². The van der Waals surface area contributed by atoms with Gasteiger partial charge in [0.1, 0.15) is 0 Å². The van der Waals surface area contributed by atoms with Crippen LogP contribution in [0, 0.1) is 22.7 Å². The molecule has 2 aromatic carbocycles. The van der Waals surface area contributed by atoms with Crippen LogP contribution in [0.5, 0.6) is 0 Å². The minimum Gasteiger partial charge on any atom is -0.371 e. The first-order valence-electron chi connectivity index (χ1n) is 13.6. The molecule has 2 saturated carbocycles. The normalized spacial score (nSPS) is 34.5. The molecule has 2 heterocycles. The molecule has 2 bridgehead atoms. The van der Waals surface area contributed by atoms with Gasteiger partial charge in [-0.2, -0.15) is 0 Å². The summed E-state index contributed by atoms with van der Waals surface area (Å²) in [4.78, 5) is 16.5.